The van der Waals surface area contributed by atoms with E-state index in [1.165, 1.54) is 0 Å². The normalized spacial score (nSPS) is 14.0. The molecule has 6 rings (SSSR count). The number of para-hydroxylation sites is 1. The number of imidazole rings is 1. The lowest BCUT2D eigenvalue weighted by Crippen LogP contribution is -2.47. The van der Waals surface area contributed by atoms with E-state index in [9.17, 15) is 10.2 Å². The van der Waals surface area contributed by atoms with Crippen molar-refractivity contribution < 1.29 is 10.2 Å². The van der Waals surface area contributed by atoms with Crippen LogP contribution in [-0.4, -0.2) is 72.3 Å². The molecule has 5 aromatic rings. The van der Waals surface area contributed by atoms with Crippen molar-refractivity contribution >= 4 is 46.1 Å². The predicted octanol–water partition coefficient (Wildman–Crippen LogP) is 2.61. The van der Waals surface area contributed by atoms with Crippen LogP contribution in [0.1, 0.15) is 0 Å². The molecule has 4 heterocycles. The molecule has 180 valence electrons. The van der Waals surface area contributed by atoms with Crippen LogP contribution in [0.2, 0.25) is 0 Å². The molecule has 1 aliphatic heterocycles. The summed E-state index contributed by atoms with van der Waals surface area (Å²) in [5.41, 5.74) is 3.35. The number of rotatable bonds is 5. The Morgan fingerprint density at radius 1 is 0.886 bits per heavy atom. The van der Waals surface area contributed by atoms with E-state index < -0.39 is 0 Å². The first-order valence-corrected chi connectivity index (χ1v) is 11.3. The van der Waals surface area contributed by atoms with E-state index in [2.05, 4.69) is 19.9 Å². The number of fused-ring (bicyclic) bond motifs is 2. The maximum Gasteiger partial charge on any atom is 0.229 e. The number of halogens is 1. The number of hydrogen-bond donors (Lipinski definition) is 2. The maximum absolute atomic E-state index is 9.57. The first kappa shape index (κ1) is 22.9. The highest BCUT2D eigenvalue weighted by Crippen LogP contribution is 2.26. The summed E-state index contributed by atoms with van der Waals surface area (Å²) in [7, 11) is 0. The lowest BCUT2D eigenvalue weighted by Gasteiger charge is -2.36. The van der Waals surface area contributed by atoms with Gasteiger partial charge in [-0.1, -0.05) is 18.2 Å². The highest BCUT2D eigenvalue weighted by molar-refractivity contribution is 5.86. The van der Waals surface area contributed by atoms with E-state index in [0.29, 0.717) is 29.5 Å². The molecule has 0 atom stereocenters. The Balaban J connectivity index is 0.00000253. The minimum absolute atomic E-state index is 0. The number of phenolic OH excluding ortho intramolecular Hbond substituents is 1. The van der Waals surface area contributed by atoms with Gasteiger partial charge in [-0.05, 0) is 30.3 Å². The van der Waals surface area contributed by atoms with E-state index >= 15 is 0 Å². The fourth-order valence-corrected chi connectivity index (χ4v) is 4.45. The Morgan fingerprint density at radius 2 is 1.63 bits per heavy atom. The molecule has 0 aliphatic carbocycles. The standard InChI is InChI=1S/C24H24N8O2.ClH/c33-14-13-31-16-25-21-22(31)27-24(28-23(21)32-20-4-2-1-3-17(20)15-26-32)30-11-9-29(10-12-30)18-5-7-19(34)8-6-18;/h1-8,15-16,33-34H,9-14H2;1H. The number of aromatic hydroxyl groups is 1. The fourth-order valence-electron chi connectivity index (χ4n) is 4.45. The number of nitrogens with zero attached hydrogens (tertiary/aromatic N) is 8. The maximum atomic E-state index is 9.57. The van der Waals surface area contributed by atoms with Gasteiger partial charge in [0.2, 0.25) is 5.95 Å². The molecule has 35 heavy (non-hydrogen) atoms. The lowest BCUT2D eigenvalue weighted by atomic mass is 10.2. The summed E-state index contributed by atoms with van der Waals surface area (Å²) in [5, 5.41) is 24.7. The highest BCUT2D eigenvalue weighted by Gasteiger charge is 2.23. The molecular formula is C24H25ClN8O2. The van der Waals surface area contributed by atoms with Crippen molar-refractivity contribution in [2.45, 2.75) is 6.54 Å². The summed E-state index contributed by atoms with van der Waals surface area (Å²) in [6, 6.07) is 15.3. The van der Waals surface area contributed by atoms with Crippen LogP contribution in [0.25, 0.3) is 27.9 Å². The van der Waals surface area contributed by atoms with Gasteiger partial charge in [-0.2, -0.15) is 15.1 Å². The van der Waals surface area contributed by atoms with E-state index in [-0.39, 0.29) is 24.8 Å². The lowest BCUT2D eigenvalue weighted by molar-refractivity contribution is 0.277. The Kier molecular flexibility index (Phi) is 6.14. The van der Waals surface area contributed by atoms with Gasteiger partial charge in [0.25, 0.3) is 0 Å². The second-order valence-corrected chi connectivity index (χ2v) is 8.29. The second-order valence-electron chi connectivity index (χ2n) is 8.29. The number of piperazine rings is 1. The van der Waals surface area contributed by atoms with Gasteiger partial charge >= 0.3 is 0 Å². The quantitative estimate of drug-likeness (QED) is 0.385. The van der Waals surface area contributed by atoms with E-state index in [1.54, 1.807) is 18.5 Å². The smallest absolute Gasteiger partial charge is 0.229 e. The molecule has 10 nitrogen and oxygen atoms in total. The second kappa shape index (κ2) is 9.40. The van der Waals surface area contributed by atoms with Crippen molar-refractivity contribution in [3.8, 4) is 11.6 Å². The Hall–Kier alpha value is -3.89. The first-order chi connectivity index (χ1) is 16.7. The molecule has 1 aliphatic rings. The number of anilines is 2. The van der Waals surface area contributed by atoms with Crippen LogP contribution in [0, 0.1) is 0 Å². The summed E-state index contributed by atoms with van der Waals surface area (Å²) >= 11 is 0. The van der Waals surface area contributed by atoms with E-state index in [0.717, 1.165) is 42.8 Å². The molecule has 2 aromatic carbocycles. The van der Waals surface area contributed by atoms with Crippen molar-refractivity contribution in [2.24, 2.45) is 0 Å². The van der Waals surface area contributed by atoms with Gasteiger partial charge in [-0.3, -0.25) is 0 Å². The first-order valence-electron chi connectivity index (χ1n) is 11.3. The molecular weight excluding hydrogens is 468 g/mol. The number of hydrogen-bond acceptors (Lipinski definition) is 8. The minimum atomic E-state index is -0.00384. The summed E-state index contributed by atoms with van der Waals surface area (Å²) < 4.78 is 3.66. The summed E-state index contributed by atoms with van der Waals surface area (Å²) in [6.45, 7) is 3.51. The monoisotopic (exact) mass is 492 g/mol. The van der Waals surface area contributed by atoms with Crippen molar-refractivity contribution in [3.63, 3.8) is 0 Å². The zero-order valence-corrected chi connectivity index (χ0v) is 19.7. The molecule has 0 spiro atoms. The van der Waals surface area contributed by atoms with Crippen LogP contribution < -0.4 is 9.80 Å². The zero-order chi connectivity index (χ0) is 23.1. The van der Waals surface area contributed by atoms with Crippen molar-refractivity contribution in [1.82, 2.24) is 29.3 Å². The highest BCUT2D eigenvalue weighted by atomic mass is 35.5. The molecule has 0 bridgehead atoms. The Labute approximate surface area is 207 Å². The molecule has 1 saturated heterocycles. The van der Waals surface area contributed by atoms with Gasteiger partial charge in [0, 0.05) is 43.8 Å². The average molecular weight is 493 g/mol. The largest absolute Gasteiger partial charge is 0.508 e. The topological polar surface area (TPSA) is 108 Å². The van der Waals surface area contributed by atoms with Gasteiger partial charge in [-0.15, -0.1) is 12.4 Å². The molecule has 0 unspecified atom stereocenters. The van der Waals surface area contributed by atoms with Gasteiger partial charge in [0.15, 0.2) is 17.0 Å². The number of aliphatic hydroxyl groups excluding tert-OH is 1. The molecule has 1 fully saturated rings. The molecule has 2 N–H and O–H groups in total. The number of phenols is 1. The summed E-state index contributed by atoms with van der Waals surface area (Å²) in [4.78, 5) is 18.8. The third-order valence-electron chi connectivity index (χ3n) is 6.23. The minimum Gasteiger partial charge on any atom is -0.508 e. The third-order valence-corrected chi connectivity index (χ3v) is 6.23. The molecule has 0 amide bonds. The number of benzene rings is 2. The summed E-state index contributed by atoms with van der Waals surface area (Å²) in [5.74, 6) is 1.51. The van der Waals surface area contributed by atoms with Crippen LogP contribution in [0.3, 0.4) is 0 Å². The molecule has 11 heteroatoms. The van der Waals surface area contributed by atoms with E-state index in [1.807, 2.05) is 51.8 Å². The van der Waals surface area contributed by atoms with Gasteiger partial charge in [0.05, 0.1) is 24.6 Å². The predicted molar refractivity (Wildman–Crippen MR) is 137 cm³/mol. The van der Waals surface area contributed by atoms with Crippen molar-refractivity contribution in [1.29, 1.82) is 0 Å². The average Bonchev–Trinajstić information content (AvgIpc) is 3.49. The number of aliphatic hydroxyl groups is 1. The van der Waals surface area contributed by atoms with Gasteiger partial charge in [-0.25, -0.2) is 9.67 Å². The van der Waals surface area contributed by atoms with Gasteiger partial charge in [0.1, 0.15) is 5.75 Å². The Bertz CT molecular complexity index is 1460. The summed E-state index contributed by atoms with van der Waals surface area (Å²) in [6.07, 6.45) is 3.52. The fraction of sp³-hybridized carbons (Fsp3) is 0.250. The molecule has 3 aromatic heterocycles. The van der Waals surface area contributed by atoms with Crippen LogP contribution in [0.5, 0.6) is 5.75 Å². The van der Waals surface area contributed by atoms with Crippen LogP contribution in [-0.2, 0) is 6.54 Å². The van der Waals surface area contributed by atoms with Crippen LogP contribution >= 0.6 is 12.4 Å². The zero-order valence-electron chi connectivity index (χ0n) is 18.9. The van der Waals surface area contributed by atoms with E-state index in [4.69, 9.17) is 9.97 Å². The van der Waals surface area contributed by atoms with Crippen LogP contribution in [0.4, 0.5) is 11.6 Å². The third kappa shape index (κ3) is 4.11. The van der Waals surface area contributed by atoms with Gasteiger partial charge < -0.3 is 24.6 Å². The number of aromatic nitrogens is 6. The SMILES string of the molecule is Cl.OCCn1cnc2c(-n3ncc4ccccc43)nc(N3CCN(c4ccc(O)cc4)CC3)nc21. The van der Waals surface area contributed by atoms with Crippen LogP contribution in [0.15, 0.2) is 61.1 Å². The molecule has 0 saturated carbocycles. The van der Waals surface area contributed by atoms with Crippen molar-refractivity contribution in [3.05, 3.63) is 61.1 Å². The Morgan fingerprint density at radius 3 is 2.40 bits per heavy atom. The molecule has 0 radical (unpaired) electrons. The van der Waals surface area contributed by atoms with Crippen molar-refractivity contribution in [2.75, 3.05) is 42.6 Å².